The molecule has 9 heteroatoms. The van der Waals surface area contributed by atoms with Crippen LogP contribution < -0.4 is 15.4 Å². The number of aromatic nitrogens is 3. The molecule has 2 aromatic rings. The lowest BCUT2D eigenvalue weighted by atomic mass is 10.2. The highest BCUT2D eigenvalue weighted by Gasteiger charge is 2.23. The molecule has 0 saturated heterocycles. The number of imide groups is 1. The fourth-order valence-electron chi connectivity index (χ4n) is 2.42. The van der Waals surface area contributed by atoms with Gasteiger partial charge in [0.2, 0.25) is 5.91 Å². The van der Waals surface area contributed by atoms with Crippen LogP contribution >= 0.6 is 11.8 Å². The monoisotopic (exact) mass is 403 g/mol. The number of amides is 3. The second kappa shape index (κ2) is 9.93. The normalized spacial score (nSPS) is 11.8. The summed E-state index contributed by atoms with van der Waals surface area (Å²) >= 11 is 1.22. The number of thioether (sulfide) groups is 1. The summed E-state index contributed by atoms with van der Waals surface area (Å²) in [5.41, 5.74) is 0.791. The Balaban J connectivity index is 2.22. The van der Waals surface area contributed by atoms with E-state index < -0.39 is 17.2 Å². The number of nitrogens with zero attached hydrogens (tertiary/aromatic N) is 3. The maximum atomic E-state index is 12.3. The van der Waals surface area contributed by atoms with E-state index in [9.17, 15) is 9.59 Å². The predicted molar refractivity (Wildman–Crippen MR) is 109 cm³/mol. The number of allylic oxidation sites excluding steroid dienone is 1. The van der Waals surface area contributed by atoms with E-state index in [1.165, 1.54) is 11.8 Å². The SMILES string of the molecule is C=CCn1c(S[C@@H](C)C(=O)NC(=O)NC(C)C)nnc1-c1ccccc1OC. The van der Waals surface area contributed by atoms with Crippen molar-refractivity contribution in [3.8, 4) is 17.1 Å². The Labute approximate surface area is 168 Å². The summed E-state index contributed by atoms with van der Waals surface area (Å²) in [5, 5.41) is 13.5. The second-order valence-corrected chi connectivity index (χ2v) is 7.59. The van der Waals surface area contributed by atoms with Crippen LogP contribution in [0.5, 0.6) is 5.75 Å². The Hall–Kier alpha value is -2.81. The average Bonchev–Trinajstić information content (AvgIpc) is 3.03. The molecular formula is C19H25N5O3S. The predicted octanol–water partition coefficient (Wildman–Crippen LogP) is 2.85. The van der Waals surface area contributed by atoms with Crippen molar-refractivity contribution in [2.24, 2.45) is 0 Å². The second-order valence-electron chi connectivity index (χ2n) is 6.28. The topological polar surface area (TPSA) is 98.1 Å². The first-order valence-corrected chi connectivity index (χ1v) is 9.70. The van der Waals surface area contributed by atoms with Gasteiger partial charge in [0.25, 0.3) is 0 Å². The van der Waals surface area contributed by atoms with Gasteiger partial charge in [0.05, 0.1) is 17.9 Å². The molecule has 1 aromatic carbocycles. The van der Waals surface area contributed by atoms with Gasteiger partial charge in [-0.3, -0.25) is 14.7 Å². The minimum atomic E-state index is -0.545. The van der Waals surface area contributed by atoms with Crippen molar-refractivity contribution in [3.05, 3.63) is 36.9 Å². The number of rotatable bonds is 8. The summed E-state index contributed by atoms with van der Waals surface area (Å²) in [7, 11) is 1.59. The first-order chi connectivity index (χ1) is 13.4. The highest BCUT2D eigenvalue weighted by molar-refractivity contribution is 8.00. The zero-order chi connectivity index (χ0) is 20.7. The maximum absolute atomic E-state index is 12.3. The van der Waals surface area contributed by atoms with E-state index in [-0.39, 0.29) is 6.04 Å². The van der Waals surface area contributed by atoms with Gasteiger partial charge in [0.1, 0.15) is 5.75 Å². The van der Waals surface area contributed by atoms with E-state index >= 15 is 0 Å². The van der Waals surface area contributed by atoms with Gasteiger partial charge in [-0.1, -0.05) is 30.0 Å². The van der Waals surface area contributed by atoms with Crippen LogP contribution in [-0.2, 0) is 11.3 Å². The molecule has 0 aliphatic heterocycles. The summed E-state index contributed by atoms with van der Waals surface area (Å²) in [6.07, 6.45) is 1.73. The van der Waals surface area contributed by atoms with E-state index in [4.69, 9.17) is 4.74 Å². The Morgan fingerprint density at radius 3 is 2.64 bits per heavy atom. The molecule has 0 unspecified atom stereocenters. The number of benzene rings is 1. The molecule has 8 nitrogen and oxygen atoms in total. The van der Waals surface area contributed by atoms with Gasteiger partial charge >= 0.3 is 6.03 Å². The van der Waals surface area contributed by atoms with E-state index in [0.717, 1.165) is 5.56 Å². The van der Waals surface area contributed by atoms with Gasteiger partial charge in [0, 0.05) is 12.6 Å². The van der Waals surface area contributed by atoms with E-state index in [1.807, 2.05) is 42.7 Å². The number of ether oxygens (including phenoxy) is 1. The van der Waals surface area contributed by atoms with Crippen LogP contribution in [0.15, 0.2) is 42.1 Å². The summed E-state index contributed by atoms with van der Waals surface area (Å²) in [5.74, 6) is 0.882. The molecule has 0 aliphatic rings. The van der Waals surface area contributed by atoms with Gasteiger partial charge in [-0.2, -0.15) is 0 Å². The van der Waals surface area contributed by atoms with E-state index in [1.54, 1.807) is 20.1 Å². The van der Waals surface area contributed by atoms with E-state index in [2.05, 4.69) is 27.4 Å². The van der Waals surface area contributed by atoms with Crippen molar-refractivity contribution in [1.29, 1.82) is 0 Å². The quantitative estimate of drug-likeness (QED) is 0.520. The van der Waals surface area contributed by atoms with Crippen molar-refractivity contribution in [1.82, 2.24) is 25.4 Å². The highest BCUT2D eigenvalue weighted by atomic mass is 32.2. The zero-order valence-electron chi connectivity index (χ0n) is 16.4. The van der Waals surface area contributed by atoms with Crippen LogP contribution in [0, 0.1) is 0 Å². The number of carbonyl (C=O) groups excluding carboxylic acids is 2. The first-order valence-electron chi connectivity index (χ1n) is 8.82. The van der Waals surface area contributed by atoms with Crippen LogP contribution in [0.1, 0.15) is 20.8 Å². The minimum Gasteiger partial charge on any atom is -0.496 e. The number of urea groups is 1. The lowest BCUT2D eigenvalue weighted by Gasteiger charge is -2.14. The fourth-order valence-corrected chi connectivity index (χ4v) is 3.28. The molecule has 0 spiro atoms. The largest absolute Gasteiger partial charge is 0.496 e. The molecule has 1 atom stereocenters. The van der Waals surface area contributed by atoms with Crippen molar-refractivity contribution in [2.75, 3.05) is 7.11 Å². The average molecular weight is 404 g/mol. The third-order valence-corrected chi connectivity index (χ3v) is 4.76. The number of methoxy groups -OCH3 is 1. The number of nitrogens with one attached hydrogen (secondary N) is 2. The lowest BCUT2D eigenvalue weighted by molar-refractivity contribution is -0.119. The van der Waals surface area contributed by atoms with E-state index in [0.29, 0.717) is 23.3 Å². The highest BCUT2D eigenvalue weighted by Crippen LogP contribution is 2.32. The molecule has 0 radical (unpaired) electrons. The molecule has 28 heavy (non-hydrogen) atoms. The molecule has 0 saturated carbocycles. The molecule has 1 aromatic heterocycles. The summed E-state index contributed by atoms with van der Waals surface area (Å²) in [6.45, 7) is 9.59. The standard InChI is InChI=1S/C19H25N5O3S/c1-6-11-24-16(14-9-7-8-10-15(14)27-5)22-23-19(24)28-13(4)17(25)21-18(26)20-12(2)3/h6-10,12-13H,1,11H2,2-5H3,(H2,20,21,25,26)/t13-/m0/s1. The third-order valence-electron chi connectivity index (χ3n) is 3.68. The number of carbonyl (C=O) groups is 2. The first kappa shape index (κ1) is 21.5. The lowest BCUT2D eigenvalue weighted by Crippen LogP contribution is -2.45. The van der Waals surface area contributed by atoms with Crippen molar-refractivity contribution in [3.63, 3.8) is 0 Å². The maximum Gasteiger partial charge on any atom is 0.321 e. The van der Waals surface area contributed by atoms with Gasteiger partial charge < -0.3 is 10.1 Å². The Bertz CT molecular complexity index is 850. The smallest absolute Gasteiger partial charge is 0.321 e. The number of para-hydroxylation sites is 1. The van der Waals surface area contributed by atoms with Crippen LogP contribution in [-0.4, -0.2) is 45.1 Å². The summed E-state index contributed by atoms with van der Waals surface area (Å²) in [4.78, 5) is 24.0. The summed E-state index contributed by atoms with van der Waals surface area (Å²) in [6, 6.07) is 6.92. The molecule has 3 amide bonds. The van der Waals surface area contributed by atoms with Crippen LogP contribution in [0.25, 0.3) is 11.4 Å². The Morgan fingerprint density at radius 2 is 2.00 bits per heavy atom. The van der Waals surface area contributed by atoms with Gasteiger partial charge in [-0.15, -0.1) is 16.8 Å². The van der Waals surface area contributed by atoms with Crippen molar-refractivity contribution in [2.45, 2.75) is 43.8 Å². The van der Waals surface area contributed by atoms with Crippen molar-refractivity contribution < 1.29 is 14.3 Å². The van der Waals surface area contributed by atoms with Crippen LogP contribution in [0.3, 0.4) is 0 Å². The Morgan fingerprint density at radius 1 is 1.29 bits per heavy atom. The molecule has 2 rings (SSSR count). The number of hydrogen-bond donors (Lipinski definition) is 2. The molecule has 0 fully saturated rings. The summed E-state index contributed by atoms with van der Waals surface area (Å²) < 4.78 is 7.27. The molecule has 150 valence electrons. The number of hydrogen-bond acceptors (Lipinski definition) is 6. The minimum absolute atomic E-state index is 0.0603. The molecule has 0 bridgehead atoms. The van der Waals surface area contributed by atoms with Crippen LogP contribution in [0.2, 0.25) is 0 Å². The molecule has 1 heterocycles. The Kier molecular flexibility index (Phi) is 7.62. The molecule has 2 N–H and O–H groups in total. The fraction of sp³-hybridized carbons (Fsp3) is 0.368. The molecule has 0 aliphatic carbocycles. The third kappa shape index (κ3) is 5.35. The van der Waals surface area contributed by atoms with Gasteiger partial charge in [0.15, 0.2) is 11.0 Å². The zero-order valence-corrected chi connectivity index (χ0v) is 17.2. The molecular weight excluding hydrogens is 378 g/mol. The van der Waals surface area contributed by atoms with Gasteiger partial charge in [-0.25, -0.2) is 4.79 Å². The van der Waals surface area contributed by atoms with Crippen molar-refractivity contribution >= 4 is 23.7 Å². The van der Waals surface area contributed by atoms with Gasteiger partial charge in [-0.05, 0) is 32.9 Å². The van der Waals surface area contributed by atoms with Crippen LogP contribution in [0.4, 0.5) is 4.79 Å².